The molecule has 0 aliphatic heterocycles. The predicted octanol–water partition coefficient (Wildman–Crippen LogP) is 2.52. The number of nitrogens with zero attached hydrogens (tertiary/aromatic N) is 3. The fraction of sp³-hybridized carbons (Fsp3) is 0.714. The maximum Gasteiger partial charge on any atom is 0.225 e. The highest BCUT2D eigenvalue weighted by Crippen LogP contribution is 2.13. The average Bonchev–Trinajstić information content (AvgIpc) is 2.28. The Balaban J connectivity index is 2.84. The number of aromatic nitrogens is 2. The van der Waals surface area contributed by atoms with E-state index in [-0.39, 0.29) is 0 Å². The van der Waals surface area contributed by atoms with E-state index in [1.165, 1.54) is 5.56 Å². The zero-order valence-corrected chi connectivity index (χ0v) is 12.5. The van der Waals surface area contributed by atoms with E-state index in [4.69, 9.17) is 0 Å². The van der Waals surface area contributed by atoms with E-state index in [1.807, 2.05) is 6.20 Å². The molecule has 0 bridgehead atoms. The smallest absolute Gasteiger partial charge is 0.225 e. The van der Waals surface area contributed by atoms with E-state index in [2.05, 4.69) is 61.7 Å². The fourth-order valence-electron chi connectivity index (χ4n) is 1.84. The molecule has 1 rings (SSSR count). The molecule has 0 atom stereocenters. The Hall–Kier alpha value is -1.16. The van der Waals surface area contributed by atoms with Crippen LogP contribution in [0.25, 0.3) is 0 Å². The first-order valence-corrected chi connectivity index (χ1v) is 6.78. The second-order valence-corrected chi connectivity index (χ2v) is 5.20. The predicted molar refractivity (Wildman–Crippen MR) is 76.9 cm³/mol. The van der Waals surface area contributed by atoms with Gasteiger partial charge in [-0.3, -0.25) is 0 Å². The Morgan fingerprint density at radius 3 is 2.39 bits per heavy atom. The normalized spacial score (nSPS) is 11.3. The van der Waals surface area contributed by atoms with Crippen molar-refractivity contribution in [3.05, 3.63) is 17.5 Å². The summed E-state index contributed by atoms with van der Waals surface area (Å²) >= 11 is 0. The molecule has 0 saturated heterocycles. The van der Waals surface area contributed by atoms with Crippen LogP contribution in [0.2, 0.25) is 0 Å². The monoisotopic (exact) mass is 250 g/mol. The van der Waals surface area contributed by atoms with E-state index < -0.39 is 0 Å². The molecular formula is C14H26N4. The van der Waals surface area contributed by atoms with Crippen LogP contribution in [0.15, 0.2) is 6.20 Å². The van der Waals surface area contributed by atoms with Crippen molar-refractivity contribution in [2.45, 2.75) is 60.2 Å². The van der Waals surface area contributed by atoms with Gasteiger partial charge in [0.25, 0.3) is 0 Å². The Bertz CT molecular complexity index is 374. The quantitative estimate of drug-likeness (QED) is 0.842. The summed E-state index contributed by atoms with van der Waals surface area (Å²) in [5.41, 5.74) is 2.24. The van der Waals surface area contributed by atoms with Crippen molar-refractivity contribution in [3.63, 3.8) is 0 Å². The van der Waals surface area contributed by atoms with Crippen molar-refractivity contribution in [1.29, 1.82) is 0 Å². The van der Waals surface area contributed by atoms with Gasteiger partial charge in [0.1, 0.15) is 0 Å². The Morgan fingerprint density at radius 1 is 1.28 bits per heavy atom. The molecule has 0 aliphatic carbocycles. The summed E-state index contributed by atoms with van der Waals surface area (Å²) in [4.78, 5) is 11.3. The minimum absolute atomic E-state index is 0.425. The summed E-state index contributed by atoms with van der Waals surface area (Å²) in [7, 11) is 0. The molecule has 0 aliphatic rings. The zero-order valence-electron chi connectivity index (χ0n) is 12.5. The lowest BCUT2D eigenvalue weighted by molar-refractivity contribution is 0.584. The second-order valence-electron chi connectivity index (χ2n) is 5.20. The van der Waals surface area contributed by atoms with Crippen LogP contribution >= 0.6 is 0 Å². The number of rotatable bonds is 6. The third-order valence-corrected chi connectivity index (χ3v) is 2.99. The number of aryl methyl sites for hydroxylation is 1. The highest BCUT2D eigenvalue weighted by atomic mass is 15.3. The lowest BCUT2D eigenvalue weighted by Gasteiger charge is -2.25. The molecule has 1 N–H and O–H groups in total. The summed E-state index contributed by atoms with van der Waals surface area (Å²) in [5, 5.41) is 3.39. The molecular weight excluding hydrogens is 224 g/mol. The summed E-state index contributed by atoms with van der Waals surface area (Å²) in [6, 6.07) is 0.904. The molecule has 102 valence electrons. The topological polar surface area (TPSA) is 41.1 Å². The van der Waals surface area contributed by atoms with Gasteiger partial charge in [-0.2, -0.15) is 0 Å². The van der Waals surface area contributed by atoms with Crippen LogP contribution in [0, 0.1) is 6.92 Å². The first-order valence-electron chi connectivity index (χ1n) is 6.78. The Morgan fingerprint density at radius 2 is 1.94 bits per heavy atom. The van der Waals surface area contributed by atoms with E-state index >= 15 is 0 Å². The van der Waals surface area contributed by atoms with Gasteiger partial charge >= 0.3 is 0 Å². The van der Waals surface area contributed by atoms with E-state index in [9.17, 15) is 0 Å². The Labute approximate surface area is 111 Å². The highest BCUT2D eigenvalue weighted by molar-refractivity contribution is 5.33. The van der Waals surface area contributed by atoms with Crippen molar-refractivity contribution in [3.8, 4) is 0 Å². The molecule has 0 saturated carbocycles. The summed E-state index contributed by atoms with van der Waals surface area (Å²) < 4.78 is 0. The lowest BCUT2D eigenvalue weighted by Crippen LogP contribution is -2.32. The lowest BCUT2D eigenvalue weighted by atomic mass is 10.2. The van der Waals surface area contributed by atoms with Gasteiger partial charge in [-0.05, 0) is 27.7 Å². The van der Waals surface area contributed by atoms with Crippen molar-refractivity contribution in [1.82, 2.24) is 15.3 Å². The molecule has 0 spiro atoms. The first-order chi connectivity index (χ1) is 8.45. The van der Waals surface area contributed by atoms with Crippen LogP contribution in [0.1, 0.15) is 45.9 Å². The SMILES string of the molecule is CCN(c1ncc(CNC(C)C)c(C)n1)C(C)C. The third-order valence-electron chi connectivity index (χ3n) is 2.99. The minimum atomic E-state index is 0.425. The van der Waals surface area contributed by atoms with Gasteiger partial charge in [0.05, 0.1) is 0 Å². The van der Waals surface area contributed by atoms with Crippen LogP contribution in [0.4, 0.5) is 5.95 Å². The van der Waals surface area contributed by atoms with Crippen molar-refractivity contribution >= 4 is 5.95 Å². The molecule has 1 aromatic rings. The van der Waals surface area contributed by atoms with Crippen LogP contribution in [-0.2, 0) is 6.54 Å². The van der Waals surface area contributed by atoms with Crippen LogP contribution in [0.5, 0.6) is 0 Å². The van der Waals surface area contributed by atoms with Gasteiger partial charge in [-0.15, -0.1) is 0 Å². The van der Waals surface area contributed by atoms with E-state index in [0.29, 0.717) is 12.1 Å². The maximum absolute atomic E-state index is 4.62. The van der Waals surface area contributed by atoms with E-state index in [0.717, 1.165) is 24.7 Å². The van der Waals surface area contributed by atoms with Crippen LogP contribution in [-0.4, -0.2) is 28.6 Å². The van der Waals surface area contributed by atoms with Gasteiger partial charge in [0.2, 0.25) is 5.95 Å². The fourth-order valence-corrected chi connectivity index (χ4v) is 1.84. The van der Waals surface area contributed by atoms with Gasteiger partial charge in [-0.25, -0.2) is 9.97 Å². The third kappa shape index (κ3) is 3.95. The van der Waals surface area contributed by atoms with Crippen molar-refractivity contribution in [2.24, 2.45) is 0 Å². The summed E-state index contributed by atoms with van der Waals surface area (Å²) in [6.45, 7) is 14.6. The van der Waals surface area contributed by atoms with Crippen molar-refractivity contribution < 1.29 is 0 Å². The van der Waals surface area contributed by atoms with Crippen molar-refractivity contribution in [2.75, 3.05) is 11.4 Å². The molecule has 0 fully saturated rings. The molecule has 18 heavy (non-hydrogen) atoms. The highest BCUT2D eigenvalue weighted by Gasteiger charge is 2.12. The minimum Gasteiger partial charge on any atom is -0.339 e. The van der Waals surface area contributed by atoms with E-state index in [1.54, 1.807) is 0 Å². The van der Waals surface area contributed by atoms with Gasteiger partial charge in [-0.1, -0.05) is 13.8 Å². The van der Waals surface area contributed by atoms with Gasteiger partial charge in [0.15, 0.2) is 0 Å². The molecule has 4 nitrogen and oxygen atoms in total. The van der Waals surface area contributed by atoms with Gasteiger partial charge < -0.3 is 10.2 Å². The zero-order chi connectivity index (χ0) is 13.7. The maximum atomic E-state index is 4.62. The number of hydrogen-bond donors (Lipinski definition) is 1. The summed E-state index contributed by atoms with van der Waals surface area (Å²) in [5.74, 6) is 0.832. The number of nitrogens with one attached hydrogen (secondary N) is 1. The molecule has 0 unspecified atom stereocenters. The number of anilines is 1. The standard InChI is InChI=1S/C14H26N4/c1-7-18(11(4)5)14-16-9-13(12(6)17-14)8-15-10(2)3/h9-11,15H,7-8H2,1-6H3. The average molecular weight is 250 g/mol. The molecule has 0 aromatic carbocycles. The van der Waals surface area contributed by atoms with Crippen LogP contribution < -0.4 is 10.2 Å². The molecule has 4 heteroatoms. The summed E-state index contributed by atoms with van der Waals surface area (Å²) in [6.07, 6.45) is 1.94. The van der Waals surface area contributed by atoms with Crippen LogP contribution in [0.3, 0.4) is 0 Å². The molecule has 1 heterocycles. The first kappa shape index (κ1) is 14.9. The molecule has 0 radical (unpaired) electrons. The molecule has 1 aromatic heterocycles. The number of hydrogen-bond acceptors (Lipinski definition) is 4. The Kier molecular flexibility index (Phi) is 5.54. The van der Waals surface area contributed by atoms with Gasteiger partial charge in [0, 0.05) is 42.6 Å². The molecule has 0 amide bonds. The largest absolute Gasteiger partial charge is 0.339 e. The second kappa shape index (κ2) is 6.69.